The highest BCUT2D eigenvalue weighted by Gasteiger charge is 1.89. The van der Waals surface area contributed by atoms with Crippen LogP contribution in [0.3, 0.4) is 0 Å². The molecule has 2 nitrogen and oxygen atoms in total. The van der Waals surface area contributed by atoms with Crippen molar-refractivity contribution in [3.8, 4) is 0 Å². The summed E-state index contributed by atoms with van der Waals surface area (Å²) in [6.45, 7) is 1.76. The summed E-state index contributed by atoms with van der Waals surface area (Å²) < 4.78 is 4.93. The van der Waals surface area contributed by atoms with Crippen molar-refractivity contribution < 1.29 is 4.74 Å². The van der Waals surface area contributed by atoms with Crippen molar-refractivity contribution >= 4 is 9.52 Å². The molecule has 2 N–H and O–H groups in total. The quantitative estimate of drug-likeness (QED) is 0.443. The minimum absolute atomic E-state index is 0.845. The lowest BCUT2D eigenvalue weighted by Crippen LogP contribution is -2.01. The first-order chi connectivity index (χ1) is 4.91. The molecule has 0 aromatic heterocycles. The summed E-state index contributed by atoms with van der Waals surface area (Å²) in [6, 6.07) is 2.62. The van der Waals surface area contributed by atoms with E-state index < -0.39 is 0 Å². The zero-order chi connectivity index (χ0) is 7.66. The van der Waals surface area contributed by atoms with E-state index in [1.807, 2.05) is 0 Å². The van der Waals surface area contributed by atoms with Crippen LogP contribution in [0.5, 0.6) is 0 Å². The minimum atomic E-state index is 0.845. The Morgan fingerprint density at radius 2 is 2.00 bits per heavy atom. The Balaban J connectivity index is 2.65. The van der Waals surface area contributed by atoms with Gasteiger partial charge in [0.05, 0.1) is 0 Å². The van der Waals surface area contributed by atoms with Gasteiger partial charge < -0.3 is 10.5 Å². The average Bonchev–Trinajstić information content (AvgIpc) is 1.97. The maximum absolute atomic E-state index is 5.35. The van der Waals surface area contributed by atoms with E-state index in [0.717, 1.165) is 22.7 Å². The molecule has 0 bridgehead atoms. The number of hydrogen-bond donors (Lipinski definition) is 1. The smallest absolute Gasteiger partial charge is 0.0459 e. The van der Waals surface area contributed by atoms with Gasteiger partial charge in [-0.3, -0.25) is 0 Å². The Hall–Kier alpha value is 0.137. The Kier molecular flexibility index (Phi) is 9.26. The molecule has 0 aliphatic heterocycles. The Morgan fingerprint density at radius 1 is 1.30 bits per heavy atom. The molecule has 0 saturated carbocycles. The van der Waals surface area contributed by atoms with Crippen molar-refractivity contribution in [1.82, 2.24) is 0 Å². The van der Waals surface area contributed by atoms with Crippen LogP contribution in [-0.2, 0) is 4.74 Å². The molecule has 0 atom stereocenters. The van der Waals surface area contributed by atoms with Crippen LogP contribution in [0.4, 0.5) is 0 Å². The molecule has 60 valence electrons. The average molecular weight is 159 g/mol. The number of ether oxygens (including phenoxy) is 1. The van der Waals surface area contributed by atoms with E-state index >= 15 is 0 Å². The Bertz CT molecular complexity index is 53.6. The molecule has 0 aromatic carbocycles. The van der Waals surface area contributed by atoms with Gasteiger partial charge in [0.15, 0.2) is 0 Å². The van der Waals surface area contributed by atoms with Gasteiger partial charge in [-0.05, 0) is 19.4 Å². The molecule has 0 aromatic rings. The van der Waals surface area contributed by atoms with Crippen molar-refractivity contribution in [2.45, 2.75) is 24.9 Å². The molecular weight excluding hydrogens is 142 g/mol. The molecule has 0 unspecified atom stereocenters. The molecule has 0 spiro atoms. The topological polar surface area (TPSA) is 35.2 Å². The summed E-state index contributed by atoms with van der Waals surface area (Å²) in [5, 5.41) is 0. The molecule has 0 saturated heterocycles. The van der Waals surface area contributed by atoms with Crippen molar-refractivity contribution in [2.75, 3.05) is 20.3 Å². The molecule has 0 heterocycles. The molecule has 0 aliphatic carbocycles. The fourth-order valence-corrected chi connectivity index (χ4v) is 1.79. The molecule has 0 rings (SSSR count). The second-order valence-corrected chi connectivity index (χ2v) is 3.74. The highest BCUT2D eigenvalue weighted by molar-refractivity contribution is 6.35. The van der Waals surface area contributed by atoms with E-state index in [9.17, 15) is 0 Å². The largest absolute Gasteiger partial charge is 0.385 e. The third kappa shape index (κ3) is 8.14. The van der Waals surface area contributed by atoms with Gasteiger partial charge in [0, 0.05) is 23.2 Å². The summed E-state index contributed by atoms with van der Waals surface area (Å²) in [6.07, 6.45) is 2.39. The van der Waals surface area contributed by atoms with Gasteiger partial charge >= 0.3 is 0 Å². The van der Waals surface area contributed by atoms with Crippen LogP contribution in [0, 0.1) is 0 Å². The fourth-order valence-electron chi connectivity index (χ4n) is 0.694. The van der Waals surface area contributed by atoms with Crippen LogP contribution in [-0.4, -0.2) is 29.8 Å². The lowest BCUT2D eigenvalue weighted by Gasteiger charge is -1.97. The van der Waals surface area contributed by atoms with Gasteiger partial charge in [-0.25, -0.2) is 0 Å². The van der Waals surface area contributed by atoms with Crippen molar-refractivity contribution in [2.24, 2.45) is 5.73 Å². The second kappa shape index (κ2) is 9.14. The first-order valence-electron chi connectivity index (χ1n) is 3.81. The Labute approximate surface area is 66.0 Å². The van der Waals surface area contributed by atoms with Gasteiger partial charge in [0.2, 0.25) is 0 Å². The second-order valence-electron chi connectivity index (χ2n) is 2.24. The fraction of sp³-hybridized carbons (Fsp3) is 1.00. The van der Waals surface area contributed by atoms with Crippen LogP contribution in [0.25, 0.3) is 0 Å². The van der Waals surface area contributed by atoms with Crippen molar-refractivity contribution in [3.63, 3.8) is 0 Å². The predicted molar refractivity (Wildman–Crippen MR) is 45.5 cm³/mol. The molecule has 0 amide bonds. The SMILES string of the molecule is COCCC[Si]CCCN. The highest BCUT2D eigenvalue weighted by Crippen LogP contribution is 1.94. The van der Waals surface area contributed by atoms with Crippen molar-refractivity contribution in [1.29, 1.82) is 0 Å². The Morgan fingerprint density at radius 3 is 2.60 bits per heavy atom. The summed E-state index contributed by atoms with van der Waals surface area (Å²) in [4.78, 5) is 0. The first kappa shape index (κ1) is 10.1. The standard InChI is InChI=1S/C7H17NOSi/c1-9-5-3-7-10-6-2-4-8/h2-8H2,1H3. The molecule has 10 heavy (non-hydrogen) atoms. The van der Waals surface area contributed by atoms with E-state index in [1.54, 1.807) is 7.11 Å². The number of hydrogen-bond acceptors (Lipinski definition) is 2. The van der Waals surface area contributed by atoms with E-state index in [2.05, 4.69) is 0 Å². The molecule has 2 radical (unpaired) electrons. The summed E-state index contributed by atoms with van der Waals surface area (Å²) in [7, 11) is 2.84. The van der Waals surface area contributed by atoms with Gasteiger partial charge in [0.25, 0.3) is 0 Å². The summed E-state index contributed by atoms with van der Waals surface area (Å²) >= 11 is 0. The van der Waals surface area contributed by atoms with Gasteiger partial charge in [-0.1, -0.05) is 12.1 Å². The van der Waals surface area contributed by atoms with Crippen LogP contribution < -0.4 is 5.73 Å². The predicted octanol–water partition coefficient (Wildman–Crippen LogP) is 0.912. The van der Waals surface area contributed by atoms with Crippen LogP contribution >= 0.6 is 0 Å². The maximum Gasteiger partial charge on any atom is 0.0459 e. The van der Waals surface area contributed by atoms with Crippen LogP contribution in [0.2, 0.25) is 12.1 Å². The zero-order valence-electron chi connectivity index (χ0n) is 6.73. The maximum atomic E-state index is 5.35. The molecule has 0 aliphatic rings. The van der Waals surface area contributed by atoms with Gasteiger partial charge in [-0.2, -0.15) is 0 Å². The third-order valence-corrected chi connectivity index (χ3v) is 2.67. The third-order valence-electron chi connectivity index (χ3n) is 1.26. The van der Waals surface area contributed by atoms with Gasteiger partial charge in [0.1, 0.15) is 0 Å². The number of nitrogens with two attached hydrogens (primary N) is 1. The van der Waals surface area contributed by atoms with Crippen LogP contribution in [0.15, 0.2) is 0 Å². The normalized spacial score (nSPS) is 10.2. The zero-order valence-corrected chi connectivity index (χ0v) is 7.73. The molecular formula is C7H17NOSi. The summed E-state index contributed by atoms with van der Waals surface area (Å²) in [5.41, 5.74) is 5.35. The lowest BCUT2D eigenvalue weighted by atomic mass is 10.5. The van der Waals surface area contributed by atoms with E-state index in [-0.39, 0.29) is 0 Å². The minimum Gasteiger partial charge on any atom is -0.385 e. The van der Waals surface area contributed by atoms with E-state index in [1.165, 1.54) is 24.9 Å². The number of rotatable bonds is 7. The number of methoxy groups -OCH3 is 1. The summed E-state index contributed by atoms with van der Waals surface area (Å²) in [5.74, 6) is 0. The van der Waals surface area contributed by atoms with Crippen LogP contribution in [0.1, 0.15) is 12.8 Å². The van der Waals surface area contributed by atoms with E-state index in [4.69, 9.17) is 10.5 Å². The van der Waals surface area contributed by atoms with Crippen molar-refractivity contribution in [3.05, 3.63) is 0 Å². The first-order valence-corrected chi connectivity index (χ1v) is 5.23. The lowest BCUT2D eigenvalue weighted by molar-refractivity contribution is 0.199. The molecule has 3 heteroatoms. The molecule has 0 fully saturated rings. The van der Waals surface area contributed by atoms with E-state index in [0.29, 0.717) is 0 Å². The monoisotopic (exact) mass is 159 g/mol. The van der Waals surface area contributed by atoms with Gasteiger partial charge in [-0.15, -0.1) is 0 Å². The highest BCUT2D eigenvalue weighted by atomic mass is 28.2.